The molecular formula is C35H31N7O2. The second kappa shape index (κ2) is 12.1. The fourth-order valence-corrected chi connectivity index (χ4v) is 5.53. The number of pyridine rings is 1. The summed E-state index contributed by atoms with van der Waals surface area (Å²) >= 11 is 0. The third kappa shape index (κ3) is 6.05. The van der Waals surface area contributed by atoms with Crippen molar-refractivity contribution >= 4 is 28.9 Å². The van der Waals surface area contributed by atoms with Gasteiger partial charge in [0.1, 0.15) is 5.65 Å². The first-order chi connectivity index (χ1) is 21.6. The molecule has 44 heavy (non-hydrogen) atoms. The molecule has 1 saturated heterocycles. The maximum atomic E-state index is 12.8. The standard InChI is InChI=1S/C35H31N7O2/c43-29-22-41(23-29)21-25-10-6-12-27(18-25)38-35-36-16-15-30(39-35)34-33(40-31-14-4-5-17-42(31)34)26-11-7-13-28(20-26)37-32(44)19-24-8-2-1-3-9-24/h1-18,20,29,43H,19,21-23H2,(H,37,44)(H,36,38,39). The number of carbonyl (C=O) groups excluding carboxylic acids is 1. The summed E-state index contributed by atoms with van der Waals surface area (Å²) in [6, 6.07) is 33.3. The van der Waals surface area contributed by atoms with Crippen LogP contribution in [0.1, 0.15) is 11.1 Å². The number of amides is 1. The van der Waals surface area contributed by atoms with E-state index < -0.39 is 0 Å². The summed E-state index contributed by atoms with van der Waals surface area (Å²) < 4.78 is 2.02. The summed E-state index contributed by atoms with van der Waals surface area (Å²) in [6.07, 6.45) is 3.78. The van der Waals surface area contributed by atoms with Crippen LogP contribution in [0.3, 0.4) is 0 Å². The average Bonchev–Trinajstić information content (AvgIpc) is 3.41. The Morgan fingerprint density at radius 3 is 2.50 bits per heavy atom. The lowest BCUT2D eigenvalue weighted by atomic mass is 10.1. The maximum absolute atomic E-state index is 12.8. The highest BCUT2D eigenvalue weighted by atomic mass is 16.3. The number of fused-ring (bicyclic) bond motifs is 1. The van der Waals surface area contributed by atoms with Crippen molar-refractivity contribution in [1.82, 2.24) is 24.3 Å². The summed E-state index contributed by atoms with van der Waals surface area (Å²) in [5.41, 5.74) is 7.62. The van der Waals surface area contributed by atoms with Gasteiger partial charge in [0.25, 0.3) is 0 Å². The van der Waals surface area contributed by atoms with E-state index in [-0.39, 0.29) is 12.0 Å². The van der Waals surface area contributed by atoms with Crippen LogP contribution in [0.15, 0.2) is 116 Å². The van der Waals surface area contributed by atoms with Crippen LogP contribution < -0.4 is 10.6 Å². The van der Waals surface area contributed by atoms with Gasteiger partial charge in [-0.05, 0) is 53.6 Å². The number of benzene rings is 3. The molecule has 7 rings (SSSR count). The highest BCUT2D eigenvalue weighted by molar-refractivity contribution is 5.93. The van der Waals surface area contributed by atoms with Crippen LogP contribution in [-0.4, -0.2) is 54.5 Å². The van der Waals surface area contributed by atoms with Crippen LogP contribution in [0.25, 0.3) is 28.3 Å². The summed E-state index contributed by atoms with van der Waals surface area (Å²) in [7, 11) is 0. The Balaban J connectivity index is 1.17. The maximum Gasteiger partial charge on any atom is 0.228 e. The number of imidazole rings is 1. The molecule has 9 heteroatoms. The number of nitrogens with one attached hydrogen (secondary N) is 2. The molecule has 1 fully saturated rings. The van der Waals surface area contributed by atoms with Crippen molar-refractivity contribution in [1.29, 1.82) is 0 Å². The quantitative estimate of drug-likeness (QED) is 0.205. The minimum absolute atomic E-state index is 0.0818. The molecule has 0 atom stereocenters. The fraction of sp³-hybridized carbons (Fsp3) is 0.143. The Morgan fingerprint density at radius 1 is 0.841 bits per heavy atom. The van der Waals surface area contributed by atoms with E-state index in [9.17, 15) is 9.90 Å². The van der Waals surface area contributed by atoms with E-state index in [1.165, 1.54) is 0 Å². The van der Waals surface area contributed by atoms with E-state index in [2.05, 4.69) is 32.7 Å². The van der Waals surface area contributed by atoms with Gasteiger partial charge in [-0.15, -0.1) is 0 Å². The first kappa shape index (κ1) is 27.5. The van der Waals surface area contributed by atoms with E-state index in [0.717, 1.165) is 46.0 Å². The number of aliphatic hydroxyl groups excluding tert-OH is 1. The van der Waals surface area contributed by atoms with Gasteiger partial charge >= 0.3 is 0 Å². The van der Waals surface area contributed by atoms with Crippen molar-refractivity contribution in [2.45, 2.75) is 19.1 Å². The van der Waals surface area contributed by atoms with Crippen molar-refractivity contribution in [3.05, 3.63) is 127 Å². The molecule has 0 spiro atoms. The lowest BCUT2D eigenvalue weighted by Crippen LogP contribution is -2.49. The van der Waals surface area contributed by atoms with Crippen molar-refractivity contribution in [3.63, 3.8) is 0 Å². The largest absolute Gasteiger partial charge is 0.390 e. The number of rotatable bonds is 9. The number of aromatic nitrogens is 4. The van der Waals surface area contributed by atoms with Crippen LogP contribution in [0.2, 0.25) is 0 Å². The molecule has 0 aliphatic carbocycles. The molecule has 1 amide bonds. The molecule has 3 N–H and O–H groups in total. The third-order valence-electron chi connectivity index (χ3n) is 7.58. The first-order valence-corrected chi connectivity index (χ1v) is 14.6. The molecule has 4 heterocycles. The zero-order valence-corrected chi connectivity index (χ0v) is 24.0. The highest BCUT2D eigenvalue weighted by Gasteiger charge is 2.24. The topological polar surface area (TPSA) is 108 Å². The van der Waals surface area contributed by atoms with Crippen molar-refractivity contribution in [2.75, 3.05) is 23.7 Å². The van der Waals surface area contributed by atoms with Gasteiger partial charge in [-0.3, -0.25) is 14.1 Å². The second-order valence-corrected chi connectivity index (χ2v) is 11.0. The van der Waals surface area contributed by atoms with Crippen LogP contribution in [-0.2, 0) is 17.8 Å². The van der Waals surface area contributed by atoms with E-state index >= 15 is 0 Å². The molecule has 1 aliphatic heterocycles. The molecule has 3 aromatic heterocycles. The van der Waals surface area contributed by atoms with Gasteiger partial charge in [0.05, 0.1) is 29.6 Å². The van der Waals surface area contributed by atoms with Crippen molar-refractivity contribution in [2.24, 2.45) is 0 Å². The molecule has 3 aromatic carbocycles. The van der Waals surface area contributed by atoms with Crippen LogP contribution in [0.4, 0.5) is 17.3 Å². The zero-order chi connectivity index (χ0) is 29.9. The van der Waals surface area contributed by atoms with Gasteiger partial charge in [-0.1, -0.05) is 60.7 Å². The van der Waals surface area contributed by atoms with Gasteiger partial charge in [0.15, 0.2) is 0 Å². The van der Waals surface area contributed by atoms with Crippen LogP contribution in [0.5, 0.6) is 0 Å². The Hall–Kier alpha value is -5.38. The average molecular weight is 582 g/mol. The molecule has 1 aliphatic rings. The van der Waals surface area contributed by atoms with Gasteiger partial charge in [0, 0.05) is 49.0 Å². The molecule has 0 unspecified atom stereocenters. The lowest BCUT2D eigenvalue weighted by Gasteiger charge is -2.35. The molecule has 0 saturated carbocycles. The predicted octanol–water partition coefficient (Wildman–Crippen LogP) is 5.56. The third-order valence-corrected chi connectivity index (χ3v) is 7.58. The number of β-amino-alcohol motifs (C(OH)–C–C–N with tert-alkyl or cyclic N) is 1. The summed E-state index contributed by atoms with van der Waals surface area (Å²) in [4.78, 5) is 29.3. The highest BCUT2D eigenvalue weighted by Crippen LogP contribution is 2.33. The smallest absolute Gasteiger partial charge is 0.228 e. The molecule has 6 aromatic rings. The zero-order valence-electron chi connectivity index (χ0n) is 24.0. The number of anilines is 3. The summed E-state index contributed by atoms with van der Waals surface area (Å²) in [6.45, 7) is 2.19. The Morgan fingerprint density at radius 2 is 1.64 bits per heavy atom. The minimum atomic E-state index is -0.224. The summed E-state index contributed by atoms with van der Waals surface area (Å²) in [5, 5.41) is 16.0. The van der Waals surface area contributed by atoms with Gasteiger partial charge in [0.2, 0.25) is 11.9 Å². The second-order valence-electron chi connectivity index (χ2n) is 11.0. The molecule has 0 radical (unpaired) electrons. The number of hydrogen-bond donors (Lipinski definition) is 3. The van der Waals surface area contributed by atoms with Gasteiger partial charge in [-0.2, -0.15) is 0 Å². The molecule has 0 bridgehead atoms. The Bertz CT molecular complexity index is 1930. The first-order valence-electron chi connectivity index (χ1n) is 14.6. The number of aliphatic hydroxyl groups is 1. The number of carbonyl (C=O) groups is 1. The molecule has 218 valence electrons. The van der Waals surface area contributed by atoms with Gasteiger partial charge in [-0.25, -0.2) is 15.0 Å². The SMILES string of the molecule is O=C(Cc1ccccc1)Nc1cccc(-c2nc3ccccn3c2-c2ccnc(Nc3cccc(CN4CC(O)C4)c3)n2)c1. The number of hydrogen-bond acceptors (Lipinski definition) is 7. The number of nitrogens with zero attached hydrogens (tertiary/aromatic N) is 5. The van der Waals surface area contributed by atoms with Crippen LogP contribution in [0, 0.1) is 0 Å². The normalized spacial score (nSPS) is 13.5. The fourth-order valence-electron chi connectivity index (χ4n) is 5.53. The van der Waals surface area contributed by atoms with Crippen molar-refractivity contribution < 1.29 is 9.90 Å². The molecule has 9 nitrogen and oxygen atoms in total. The summed E-state index contributed by atoms with van der Waals surface area (Å²) in [5.74, 6) is 0.388. The van der Waals surface area contributed by atoms with E-state index in [4.69, 9.17) is 9.97 Å². The molecular weight excluding hydrogens is 550 g/mol. The van der Waals surface area contributed by atoms with Gasteiger partial charge < -0.3 is 15.7 Å². The van der Waals surface area contributed by atoms with E-state index in [0.29, 0.717) is 36.8 Å². The number of likely N-dealkylation sites (tertiary alicyclic amines) is 1. The Labute approximate surface area is 254 Å². The lowest BCUT2D eigenvalue weighted by molar-refractivity contribution is -0.115. The van der Waals surface area contributed by atoms with E-state index in [1.54, 1.807) is 6.20 Å². The minimum Gasteiger partial charge on any atom is -0.390 e. The monoisotopic (exact) mass is 581 g/mol. The predicted molar refractivity (Wildman–Crippen MR) is 171 cm³/mol. The Kier molecular flexibility index (Phi) is 7.54. The van der Waals surface area contributed by atoms with Crippen LogP contribution >= 0.6 is 0 Å². The van der Waals surface area contributed by atoms with E-state index in [1.807, 2.05) is 102 Å². The van der Waals surface area contributed by atoms with Crippen molar-refractivity contribution in [3.8, 4) is 22.6 Å².